The fourth-order valence-corrected chi connectivity index (χ4v) is 8.50. The van der Waals surface area contributed by atoms with Crippen LogP contribution in [0.25, 0.3) is 0 Å². The van der Waals surface area contributed by atoms with Gasteiger partial charge in [-0.2, -0.15) is 0 Å². The number of rotatable bonds is 1. The van der Waals surface area contributed by atoms with E-state index in [4.69, 9.17) is 4.74 Å². The van der Waals surface area contributed by atoms with Gasteiger partial charge in [0.2, 0.25) is 0 Å². The van der Waals surface area contributed by atoms with E-state index in [1.54, 1.807) is 19.1 Å². The van der Waals surface area contributed by atoms with Crippen molar-refractivity contribution in [2.45, 2.75) is 69.2 Å². The molecular formula is C26H38ClNO6. The molecule has 2 aliphatic heterocycles. The molecule has 2 heterocycles. The van der Waals surface area contributed by atoms with Crippen molar-refractivity contribution in [3.63, 3.8) is 0 Å². The van der Waals surface area contributed by atoms with Gasteiger partial charge in [-0.05, 0) is 68.9 Å². The predicted molar refractivity (Wildman–Crippen MR) is 121 cm³/mol. The average molecular weight is 496 g/mol. The lowest BCUT2D eigenvalue weighted by Crippen LogP contribution is -3.00. The molecule has 8 atom stereocenters. The Morgan fingerprint density at radius 2 is 1.88 bits per heavy atom. The summed E-state index contributed by atoms with van der Waals surface area (Å²) in [6, 6.07) is 0. The van der Waals surface area contributed by atoms with Crippen LogP contribution in [0.5, 0.6) is 0 Å². The van der Waals surface area contributed by atoms with E-state index < -0.39 is 51.9 Å². The second-order valence-electron chi connectivity index (χ2n) is 12.4. The van der Waals surface area contributed by atoms with Crippen molar-refractivity contribution < 1.29 is 46.5 Å². The second kappa shape index (κ2) is 7.79. The van der Waals surface area contributed by atoms with E-state index in [1.807, 2.05) is 0 Å². The van der Waals surface area contributed by atoms with Gasteiger partial charge in [0.15, 0.2) is 0 Å². The Morgan fingerprint density at radius 3 is 2.44 bits per heavy atom. The summed E-state index contributed by atoms with van der Waals surface area (Å²) in [5.41, 5.74) is -3.29. The molecule has 5 fully saturated rings. The molecule has 0 aromatic heterocycles. The molecule has 0 aromatic carbocycles. The van der Waals surface area contributed by atoms with Crippen molar-refractivity contribution in [2.24, 2.45) is 28.6 Å². The van der Waals surface area contributed by atoms with Crippen molar-refractivity contribution in [1.82, 2.24) is 0 Å². The SMILES string of the molecule is C=C1C[C@]23C[C@@]1(O)CC[C@H]2[C@@]12C=C[C@H](O)[C@@](C)(C(=O)O1)[C@H]2[C@@H]3C(=O)O.C[N+]1(C)CCCCC1.[Cl-]. The van der Waals surface area contributed by atoms with Crippen LogP contribution in [0.1, 0.15) is 51.9 Å². The fraction of sp³-hybridized carbons (Fsp3) is 0.769. The molecule has 7 nitrogen and oxygen atoms in total. The second-order valence-corrected chi connectivity index (χ2v) is 12.4. The van der Waals surface area contributed by atoms with Crippen molar-refractivity contribution in [3.8, 4) is 0 Å². The van der Waals surface area contributed by atoms with Crippen LogP contribution in [0.15, 0.2) is 24.3 Å². The van der Waals surface area contributed by atoms with Crippen LogP contribution in [-0.2, 0) is 14.3 Å². The molecule has 3 saturated carbocycles. The Balaban J connectivity index is 0.000000261. The first-order valence-electron chi connectivity index (χ1n) is 12.4. The van der Waals surface area contributed by atoms with Crippen molar-refractivity contribution >= 4 is 11.9 Å². The smallest absolute Gasteiger partial charge is 0.316 e. The number of likely N-dealkylation sites (tertiary alicyclic amines) is 1. The summed E-state index contributed by atoms with van der Waals surface area (Å²) in [5, 5.41) is 31.6. The topological polar surface area (TPSA) is 104 Å². The lowest BCUT2D eigenvalue weighted by molar-refractivity contribution is -0.894. The molecule has 6 rings (SSSR count). The number of quaternary nitrogens is 1. The molecule has 1 spiro atoms. The molecule has 3 N–H and O–H groups in total. The zero-order valence-electron chi connectivity index (χ0n) is 20.4. The summed E-state index contributed by atoms with van der Waals surface area (Å²) < 4.78 is 7.12. The van der Waals surface area contributed by atoms with Gasteiger partial charge in [-0.25, -0.2) is 0 Å². The van der Waals surface area contributed by atoms with Gasteiger partial charge in [0.25, 0.3) is 0 Å². The maximum atomic E-state index is 12.7. The van der Waals surface area contributed by atoms with E-state index >= 15 is 0 Å². The van der Waals surface area contributed by atoms with Crippen molar-refractivity contribution in [2.75, 3.05) is 27.2 Å². The summed E-state index contributed by atoms with van der Waals surface area (Å²) in [4.78, 5) is 25.1. The lowest BCUT2D eigenvalue weighted by Gasteiger charge is -2.44. The van der Waals surface area contributed by atoms with Crippen LogP contribution >= 0.6 is 0 Å². The minimum atomic E-state index is -1.27. The third-order valence-electron chi connectivity index (χ3n) is 10.1. The van der Waals surface area contributed by atoms with Crippen LogP contribution in [0.2, 0.25) is 0 Å². The highest BCUT2D eigenvalue weighted by Crippen LogP contribution is 2.77. The molecule has 0 amide bonds. The van der Waals surface area contributed by atoms with Gasteiger partial charge in [-0.3, -0.25) is 9.59 Å². The van der Waals surface area contributed by atoms with Crippen molar-refractivity contribution in [3.05, 3.63) is 24.3 Å². The standard InChI is InChI=1S/C19H22O6.C7H16N.ClH/c1-9-7-17-8-18(9,24)5-3-10(17)19-6-4-11(20)16(2,15(23)25-19)13(19)12(17)14(21)22;1-8(2)6-4-3-5-7-8;/h4,6,10-13,20,24H,1,3,5,7-8H2,2H3,(H,21,22);3-7H2,1-2H3;1H/q;+1;/p-1/t10-,11+,12-,13-,16-,17+,18+,19-;;/m1../s1. The Kier molecular flexibility index (Phi) is 5.88. The molecule has 4 aliphatic carbocycles. The number of hydrogen-bond acceptors (Lipinski definition) is 5. The number of carboxylic acid groups (broad SMARTS) is 1. The van der Waals surface area contributed by atoms with E-state index in [2.05, 4.69) is 20.7 Å². The number of piperidine rings is 1. The summed E-state index contributed by atoms with van der Waals surface area (Å²) in [6.07, 6.45) is 8.45. The van der Waals surface area contributed by atoms with Crippen molar-refractivity contribution in [1.29, 1.82) is 0 Å². The third-order valence-corrected chi connectivity index (χ3v) is 10.1. The summed E-state index contributed by atoms with van der Waals surface area (Å²) >= 11 is 0. The molecule has 0 unspecified atom stereocenters. The number of aliphatic carboxylic acids is 1. The zero-order chi connectivity index (χ0) is 24.0. The number of esters is 1. The van der Waals surface area contributed by atoms with E-state index in [-0.39, 0.29) is 18.3 Å². The van der Waals surface area contributed by atoms with Gasteiger partial charge >= 0.3 is 11.9 Å². The molecule has 190 valence electrons. The van der Waals surface area contributed by atoms with E-state index in [1.165, 1.54) is 36.8 Å². The van der Waals surface area contributed by atoms with Crippen LogP contribution < -0.4 is 12.4 Å². The average Bonchev–Trinajstić information content (AvgIpc) is 3.15. The van der Waals surface area contributed by atoms with Gasteiger partial charge in [0.1, 0.15) is 11.0 Å². The summed E-state index contributed by atoms with van der Waals surface area (Å²) in [5.74, 6) is -3.18. The number of aliphatic hydroxyl groups is 2. The zero-order valence-corrected chi connectivity index (χ0v) is 21.2. The largest absolute Gasteiger partial charge is 1.00 e. The van der Waals surface area contributed by atoms with Crippen LogP contribution in [0.4, 0.5) is 0 Å². The summed E-state index contributed by atoms with van der Waals surface area (Å²) in [7, 11) is 4.64. The Bertz CT molecular complexity index is 942. The predicted octanol–water partition coefficient (Wildman–Crippen LogP) is -0.722. The number of halogens is 1. The Morgan fingerprint density at radius 1 is 1.24 bits per heavy atom. The number of fused-ring (bicyclic) bond motifs is 1. The number of hydrogen-bond donors (Lipinski definition) is 3. The first-order chi connectivity index (χ1) is 15.3. The Labute approximate surface area is 207 Å². The maximum absolute atomic E-state index is 12.7. The highest BCUT2D eigenvalue weighted by molar-refractivity contribution is 5.86. The number of nitrogens with zero attached hydrogens (tertiary/aromatic N) is 1. The molecule has 0 radical (unpaired) electrons. The number of carboxylic acids is 1. The van der Waals surface area contributed by atoms with Crippen LogP contribution in [-0.4, -0.2) is 76.2 Å². The van der Waals surface area contributed by atoms with Gasteiger partial charge < -0.3 is 36.9 Å². The number of carbonyl (C=O) groups excluding carboxylic acids is 1. The first-order valence-corrected chi connectivity index (χ1v) is 12.4. The van der Waals surface area contributed by atoms with Crippen LogP contribution in [0.3, 0.4) is 0 Å². The van der Waals surface area contributed by atoms with Gasteiger partial charge in [-0.1, -0.05) is 12.7 Å². The number of carbonyl (C=O) groups is 2. The monoisotopic (exact) mass is 495 g/mol. The summed E-state index contributed by atoms with van der Waals surface area (Å²) in [6.45, 7) is 8.42. The quantitative estimate of drug-likeness (QED) is 0.252. The van der Waals surface area contributed by atoms with E-state index in [0.717, 1.165) is 0 Å². The molecule has 8 heteroatoms. The lowest BCUT2D eigenvalue weighted by atomic mass is 9.61. The number of aliphatic hydroxyl groups excluding tert-OH is 1. The Hall–Kier alpha value is -1.41. The molecule has 2 saturated heterocycles. The maximum Gasteiger partial charge on any atom is 0.316 e. The van der Waals surface area contributed by atoms with Gasteiger partial charge in [0.05, 0.1) is 44.8 Å². The molecule has 0 aromatic rings. The first kappa shape index (κ1) is 25.7. The minimum absolute atomic E-state index is 0. The van der Waals surface area contributed by atoms with Gasteiger partial charge in [-0.15, -0.1) is 0 Å². The van der Waals surface area contributed by atoms with Crippen LogP contribution in [0, 0.1) is 28.6 Å². The molecule has 6 aliphatic rings. The molecular weight excluding hydrogens is 458 g/mol. The molecule has 4 bridgehead atoms. The van der Waals surface area contributed by atoms with Gasteiger partial charge in [0, 0.05) is 11.8 Å². The fourth-order valence-electron chi connectivity index (χ4n) is 8.50. The van der Waals surface area contributed by atoms with E-state index in [9.17, 15) is 24.9 Å². The highest BCUT2D eigenvalue weighted by atomic mass is 35.5. The minimum Gasteiger partial charge on any atom is -1.00 e. The highest BCUT2D eigenvalue weighted by Gasteiger charge is 2.83. The molecule has 34 heavy (non-hydrogen) atoms. The normalized spacial score (nSPS) is 49.2. The third kappa shape index (κ3) is 3.12. The van der Waals surface area contributed by atoms with E-state index in [0.29, 0.717) is 31.3 Å². The number of ether oxygens (including phenoxy) is 1.